The minimum Gasteiger partial charge on any atom is -0.373 e. The molecule has 4 fully saturated rings. The minimum absolute atomic E-state index is 0.662. The van der Waals surface area contributed by atoms with Crippen molar-refractivity contribution in [3.05, 3.63) is 82.9 Å². The summed E-state index contributed by atoms with van der Waals surface area (Å²) in [6.45, 7) is 10.8. The van der Waals surface area contributed by atoms with E-state index in [1.165, 1.54) is 202 Å². The Morgan fingerprint density at radius 2 is 0.661 bits per heavy atom. The van der Waals surface area contributed by atoms with Gasteiger partial charge in [-0.3, -0.25) is 0 Å². The maximum absolute atomic E-state index is 6.59. The molecule has 0 radical (unpaired) electrons. The van der Waals surface area contributed by atoms with Gasteiger partial charge in [0.2, 0.25) is 0 Å². The van der Waals surface area contributed by atoms with Crippen molar-refractivity contribution in [1.82, 2.24) is 0 Å². The molecule has 0 aliphatic heterocycles. The second-order valence-corrected chi connectivity index (χ2v) is 20.7. The predicted octanol–water partition coefficient (Wildman–Crippen LogP) is 17.5. The Hall–Kier alpha value is -2.12. The molecule has 0 saturated heterocycles. The van der Waals surface area contributed by atoms with Gasteiger partial charge in [0.25, 0.3) is 0 Å². The summed E-state index contributed by atoms with van der Waals surface area (Å²) >= 11 is 0. The van der Waals surface area contributed by atoms with E-state index in [-0.39, 0.29) is 0 Å². The largest absolute Gasteiger partial charge is 0.373 e. The van der Waals surface area contributed by atoms with Gasteiger partial charge >= 0.3 is 0 Å². The zero-order valence-corrected chi connectivity index (χ0v) is 39.0. The molecule has 2 aromatic rings. The molecule has 0 atom stereocenters. The van der Waals surface area contributed by atoms with Crippen LogP contribution in [0, 0.1) is 47.3 Å². The van der Waals surface area contributed by atoms with Crippen molar-refractivity contribution in [2.24, 2.45) is 47.3 Å². The van der Waals surface area contributed by atoms with Gasteiger partial charge in [-0.15, -0.1) is 0 Å². The molecule has 6 rings (SSSR count). The summed E-state index contributed by atoms with van der Waals surface area (Å²) in [5.74, 6) is 7.07. The van der Waals surface area contributed by atoms with Gasteiger partial charge in [0.1, 0.15) is 0 Å². The lowest BCUT2D eigenvalue weighted by Crippen LogP contribution is -2.16. The highest BCUT2D eigenvalue weighted by Gasteiger charge is 2.27. The van der Waals surface area contributed by atoms with Crippen LogP contribution in [-0.2, 0) is 17.6 Å². The molecule has 1 heteroatoms. The van der Waals surface area contributed by atoms with Crippen molar-refractivity contribution < 1.29 is 4.74 Å². The Labute approximate surface area is 365 Å². The fraction of sp³-hybridized carbons (Fsp3) is 0.724. The van der Waals surface area contributed by atoms with E-state index in [9.17, 15) is 0 Å². The van der Waals surface area contributed by atoms with Crippen LogP contribution >= 0.6 is 0 Å². The molecule has 0 aromatic heterocycles. The third-order valence-corrected chi connectivity index (χ3v) is 16.4. The third kappa shape index (κ3) is 15.0. The molecule has 59 heavy (non-hydrogen) atoms. The average Bonchev–Trinajstić information content (AvgIpc) is 3.27. The van der Waals surface area contributed by atoms with Gasteiger partial charge < -0.3 is 4.74 Å². The summed E-state index contributed by atoms with van der Waals surface area (Å²) in [7, 11) is 0. The van der Waals surface area contributed by atoms with E-state index in [2.05, 4.69) is 88.4 Å². The van der Waals surface area contributed by atoms with Gasteiger partial charge in [-0.2, -0.15) is 0 Å². The molecule has 0 spiro atoms. The molecular formula is C58H90O. The summed E-state index contributed by atoms with van der Waals surface area (Å²) in [5, 5.41) is 0. The van der Waals surface area contributed by atoms with Crippen molar-refractivity contribution in [1.29, 1.82) is 0 Å². The van der Waals surface area contributed by atoms with E-state index in [0.29, 0.717) is 25.0 Å². The molecule has 0 amide bonds. The fourth-order valence-corrected chi connectivity index (χ4v) is 12.7. The van der Waals surface area contributed by atoms with Gasteiger partial charge in [-0.25, -0.2) is 0 Å². The van der Waals surface area contributed by atoms with Gasteiger partial charge in [-0.05, 0) is 158 Å². The summed E-state index contributed by atoms with van der Waals surface area (Å²) in [6, 6.07) is 19.7. The zero-order valence-electron chi connectivity index (χ0n) is 39.0. The van der Waals surface area contributed by atoms with E-state index in [1.54, 1.807) is 11.1 Å². The smallest absolute Gasteiger partial charge is 0.0657 e. The first-order chi connectivity index (χ1) is 29.0. The van der Waals surface area contributed by atoms with Crippen LogP contribution in [0.25, 0.3) is 11.1 Å². The Balaban J connectivity index is 1.07. The van der Waals surface area contributed by atoms with Crippen LogP contribution in [0.3, 0.4) is 0 Å². The fourth-order valence-electron chi connectivity index (χ4n) is 12.7. The van der Waals surface area contributed by atoms with Crippen LogP contribution in [0.15, 0.2) is 60.7 Å². The lowest BCUT2D eigenvalue weighted by Gasteiger charge is -2.31. The Bertz CT molecular complexity index is 1350. The first-order valence-electron chi connectivity index (χ1n) is 26.2. The topological polar surface area (TPSA) is 9.23 Å². The predicted molar refractivity (Wildman–Crippen MR) is 258 cm³/mol. The molecule has 0 unspecified atom stereocenters. The van der Waals surface area contributed by atoms with Gasteiger partial charge in [0.05, 0.1) is 13.2 Å². The summed E-state index contributed by atoms with van der Waals surface area (Å²) in [4.78, 5) is 0. The van der Waals surface area contributed by atoms with Gasteiger partial charge in [0.15, 0.2) is 0 Å². The second kappa shape index (κ2) is 25.7. The summed E-state index contributed by atoms with van der Waals surface area (Å²) in [5.41, 5.74) is 9.07. The minimum atomic E-state index is 0.662. The number of rotatable bonds is 22. The Morgan fingerprint density at radius 1 is 0.390 bits per heavy atom. The molecule has 328 valence electrons. The van der Waals surface area contributed by atoms with E-state index in [1.807, 2.05) is 0 Å². The number of allylic oxidation sites excluding steroid dienone is 2. The summed E-state index contributed by atoms with van der Waals surface area (Å²) in [6.07, 6.45) is 43.9. The van der Waals surface area contributed by atoms with Gasteiger partial charge in [-0.1, -0.05) is 191 Å². The number of ether oxygens (including phenoxy) is 1. The SMILES string of the molecule is CCCC1CCC(CCc2ccc(C(=CCOCC=C(c3ccc(CCC4CCC(CCC)CC4)cc3)C3CCC(CCC)CC3)C3CCC(CCC)CC3)cc2)CC1. The maximum Gasteiger partial charge on any atom is 0.0657 e. The first kappa shape index (κ1) is 46.4. The number of benzene rings is 2. The third-order valence-electron chi connectivity index (χ3n) is 16.4. The highest BCUT2D eigenvalue weighted by atomic mass is 16.5. The van der Waals surface area contributed by atoms with Crippen molar-refractivity contribution in [2.45, 2.75) is 207 Å². The molecular weight excluding hydrogens is 713 g/mol. The Morgan fingerprint density at radius 3 is 0.949 bits per heavy atom. The van der Waals surface area contributed by atoms with Crippen LogP contribution < -0.4 is 0 Å². The molecule has 4 saturated carbocycles. The van der Waals surface area contributed by atoms with Crippen molar-refractivity contribution in [3.63, 3.8) is 0 Å². The quantitative estimate of drug-likeness (QED) is 0.108. The van der Waals surface area contributed by atoms with Crippen LogP contribution in [0.5, 0.6) is 0 Å². The van der Waals surface area contributed by atoms with Crippen LogP contribution in [0.1, 0.15) is 217 Å². The standard InChI is InChI=1S/C58H90O/c1-5-9-45-13-17-49(18-14-45)21-23-51-29-37-55(38-30-51)57(53-33-25-47(11-7-3)26-34-53)41-43-59-44-42-58(54-35-27-48(12-8-4)28-36-54)56-39-31-52(32-40-56)24-22-50-19-15-46(10-6-2)16-20-50/h29-32,37-42,45-50,53-54H,5-28,33-36,43-44H2,1-4H3. The van der Waals surface area contributed by atoms with E-state index in [4.69, 9.17) is 4.74 Å². The lowest BCUT2D eigenvalue weighted by atomic mass is 9.75. The van der Waals surface area contributed by atoms with Crippen molar-refractivity contribution in [2.75, 3.05) is 13.2 Å². The number of hydrogen-bond acceptors (Lipinski definition) is 1. The molecule has 0 N–H and O–H groups in total. The number of aryl methyl sites for hydroxylation is 2. The maximum atomic E-state index is 6.59. The molecule has 4 aliphatic rings. The normalized spacial score (nSPS) is 28.5. The zero-order chi connectivity index (χ0) is 41.1. The monoisotopic (exact) mass is 803 g/mol. The highest BCUT2D eigenvalue weighted by Crippen LogP contribution is 2.42. The molecule has 0 bridgehead atoms. The highest BCUT2D eigenvalue weighted by molar-refractivity contribution is 5.69. The number of hydrogen-bond donors (Lipinski definition) is 0. The average molecular weight is 803 g/mol. The van der Waals surface area contributed by atoms with E-state index >= 15 is 0 Å². The van der Waals surface area contributed by atoms with Crippen molar-refractivity contribution >= 4 is 11.1 Å². The second-order valence-electron chi connectivity index (χ2n) is 20.7. The summed E-state index contributed by atoms with van der Waals surface area (Å²) < 4.78 is 6.59. The van der Waals surface area contributed by atoms with Crippen molar-refractivity contribution in [3.8, 4) is 0 Å². The van der Waals surface area contributed by atoms with Crippen LogP contribution in [-0.4, -0.2) is 13.2 Å². The molecule has 1 nitrogen and oxygen atoms in total. The lowest BCUT2D eigenvalue weighted by molar-refractivity contribution is 0.193. The molecule has 4 aliphatic carbocycles. The molecule has 2 aromatic carbocycles. The van der Waals surface area contributed by atoms with E-state index < -0.39 is 0 Å². The first-order valence-corrected chi connectivity index (χ1v) is 26.2. The van der Waals surface area contributed by atoms with Crippen LogP contribution in [0.2, 0.25) is 0 Å². The molecule has 0 heterocycles. The van der Waals surface area contributed by atoms with E-state index in [0.717, 1.165) is 35.5 Å². The Kier molecular flexibility index (Phi) is 20.2. The van der Waals surface area contributed by atoms with Gasteiger partial charge in [0, 0.05) is 0 Å². The van der Waals surface area contributed by atoms with Crippen LogP contribution in [0.4, 0.5) is 0 Å².